The summed E-state index contributed by atoms with van der Waals surface area (Å²) in [5, 5.41) is 2.78. The van der Waals surface area contributed by atoms with Crippen molar-refractivity contribution in [2.75, 3.05) is 31.5 Å². The number of rotatable bonds is 20. The van der Waals surface area contributed by atoms with Crippen molar-refractivity contribution in [1.82, 2.24) is 10.2 Å². The van der Waals surface area contributed by atoms with Crippen LogP contribution in [0.25, 0.3) is 0 Å². The maximum Gasteiger partial charge on any atom is 0.321 e. The topological polar surface area (TPSA) is 54.0 Å². The number of carbonyl (C=O) groups excluding carboxylic acids is 1. The second-order valence-corrected chi connectivity index (χ2v) is 12.5. The van der Waals surface area contributed by atoms with Crippen molar-refractivity contribution in [2.24, 2.45) is 0 Å². The number of allylic oxidation sites excluding steroid dienone is 1. The van der Waals surface area contributed by atoms with E-state index in [2.05, 4.69) is 42.4 Å². The fourth-order valence-electron chi connectivity index (χ4n) is 5.28. The van der Waals surface area contributed by atoms with E-state index in [4.69, 9.17) is 9.47 Å². The fourth-order valence-corrected chi connectivity index (χ4v) is 6.04. The monoisotopic (exact) mass is 595 g/mol. The van der Waals surface area contributed by atoms with Crippen molar-refractivity contribution in [1.29, 1.82) is 0 Å². The average Bonchev–Trinajstić information content (AvgIpc) is 3.42. The number of thioether (sulfide) groups is 1. The second-order valence-electron chi connectivity index (χ2n) is 11.3. The summed E-state index contributed by atoms with van der Waals surface area (Å²) in [4.78, 5) is 18.2. The minimum Gasteiger partial charge on any atom is -0.493 e. The van der Waals surface area contributed by atoms with Crippen molar-refractivity contribution >= 4 is 23.5 Å². The van der Waals surface area contributed by atoms with E-state index in [9.17, 15) is 4.79 Å². The van der Waals surface area contributed by atoms with Gasteiger partial charge >= 0.3 is 6.03 Å². The first kappa shape index (κ1) is 33.7. The van der Waals surface area contributed by atoms with Crippen LogP contribution in [0.5, 0.6) is 11.5 Å². The van der Waals surface area contributed by atoms with E-state index in [0.717, 1.165) is 35.8 Å². The number of ether oxygens (including phenoxy) is 2. The lowest BCUT2D eigenvalue weighted by Crippen LogP contribution is -2.37. The van der Waals surface area contributed by atoms with E-state index < -0.39 is 0 Å². The van der Waals surface area contributed by atoms with Crippen molar-refractivity contribution in [3.8, 4) is 11.5 Å². The molecule has 0 bridgehead atoms. The second kappa shape index (κ2) is 19.4. The highest BCUT2D eigenvalue weighted by molar-refractivity contribution is 8.03. The lowest BCUT2D eigenvalue weighted by atomic mass is 10.1. The first-order valence-electron chi connectivity index (χ1n) is 16.0. The van der Waals surface area contributed by atoms with Gasteiger partial charge in [-0.05, 0) is 53.6 Å². The zero-order chi connectivity index (χ0) is 30.0. The minimum atomic E-state index is -0.150. The molecular formula is C35H53N3O3S. The molecule has 0 fully saturated rings. The van der Waals surface area contributed by atoms with E-state index in [1.165, 1.54) is 81.1 Å². The van der Waals surface area contributed by atoms with Gasteiger partial charge in [-0.15, -0.1) is 11.8 Å². The van der Waals surface area contributed by atoms with Gasteiger partial charge in [0, 0.05) is 25.5 Å². The first-order chi connectivity index (χ1) is 20.5. The number of anilines is 1. The van der Waals surface area contributed by atoms with Crippen LogP contribution in [0.15, 0.2) is 53.6 Å². The third-order valence-corrected chi connectivity index (χ3v) is 8.76. The molecule has 232 valence electrons. The molecule has 1 aliphatic rings. The number of amides is 2. The first-order valence-corrected chi connectivity index (χ1v) is 17.0. The zero-order valence-corrected chi connectivity index (χ0v) is 27.3. The number of nitrogens with zero attached hydrogens (tertiary/aromatic N) is 2. The molecule has 0 aliphatic carbocycles. The van der Waals surface area contributed by atoms with Crippen LogP contribution in [-0.2, 0) is 13.1 Å². The Balaban J connectivity index is 1.43. The summed E-state index contributed by atoms with van der Waals surface area (Å²) in [6.45, 7) is 6.40. The molecule has 0 spiro atoms. The molecule has 0 unspecified atom stereocenters. The van der Waals surface area contributed by atoms with Gasteiger partial charge in [-0.3, -0.25) is 4.90 Å². The van der Waals surface area contributed by atoms with Gasteiger partial charge in [0.25, 0.3) is 0 Å². The van der Waals surface area contributed by atoms with Crippen molar-refractivity contribution < 1.29 is 14.3 Å². The fraction of sp³-hybridized carbons (Fsp3) is 0.571. The molecule has 1 N–H and O–H groups in total. The van der Waals surface area contributed by atoms with E-state index in [-0.39, 0.29) is 6.03 Å². The average molecular weight is 596 g/mol. The van der Waals surface area contributed by atoms with Gasteiger partial charge in [0.15, 0.2) is 11.5 Å². The van der Waals surface area contributed by atoms with Gasteiger partial charge in [0.2, 0.25) is 0 Å². The van der Waals surface area contributed by atoms with Crippen LogP contribution in [0.1, 0.15) is 102 Å². The van der Waals surface area contributed by atoms with Crippen molar-refractivity contribution in [3.63, 3.8) is 0 Å². The summed E-state index contributed by atoms with van der Waals surface area (Å²) >= 11 is 1.86. The summed E-state index contributed by atoms with van der Waals surface area (Å²) in [5.41, 5.74) is 3.05. The smallest absolute Gasteiger partial charge is 0.321 e. The lowest BCUT2D eigenvalue weighted by Gasteiger charge is -2.24. The van der Waals surface area contributed by atoms with Gasteiger partial charge in [-0.1, -0.05) is 95.8 Å². The number of carbonyl (C=O) groups is 1. The summed E-state index contributed by atoms with van der Waals surface area (Å²) in [7, 11) is 3.33. The third kappa shape index (κ3) is 11.8. The highest BCUT2D eigenvalue weighted by Crippen LogP contribution is 2.30. The number of urea groups is 1. The number of hydrogen-bond acceptors (Lipinski definition) is 5. The standard InChI is InChI=1S/C35H53N3O3S/c1-5-6-7-8-9-10-11-12-13-14-15-16-23-41-33-22-19-31(24-34(33)40-4)27-38(35(39)36-3)32-20-17-30(18-21-32)26-37-25-29(2)42-28-37/h17-22,24-25H,5-16,23,26-28H2,1-4H3,(H,36,39). The number of methoxy groups -OCH3 is 1. The molecule has 6 nitrogen and oxygen atoms in total. The Bertz CT molecular complexity index is 1090. The normalized spacial score (nSPS) is 12.8. The Labute approximate surface area is 259 Å². The highest BCUT2D eigenvalue weighted by atomic mass is 32.2. The quantitative estimate of drug-likeness (QED) is 0.155. The Morgan fingerprint density at radius 1 is 0.881 bits per heavy atom. The molecule has 1 heterocycles. The van der Waals surface area contributed by atoms with Gasteiger partial charge < -0.3 is 19.7 Å². The van der Waals surface area contributed by atoms with Crippen molar-refractivity contribution in [2.45, 2.75) is 104 Å². The number of hydrogen-bond donors (Lipinski definition) is 1. The predicted octanol–water partition coefficient (Wildman–Crippen LogP) is 9.49. The van der Waals surface area contributed by atoms with E-state index >= 15 is 0 Å². The number of benzene rings is 2. The number of nitrogens with one attached hydrogen (secondary N) is 1. The molecule has 0 atom stereocenters. The maximum absolute atomic E-state index is 12.8. The predicted molar refractivity (Wildman–Crippen MR) is 178 cm³/mol. The van der Waals surface area contributed by atoms with Gasteiger partial charge in [0.1, 0.15) is 0 Å². The molecule has 0 saturated heterocycles. The maximum atomic E-state index is 12.8. The van der Waals surface area contributed by atoms with E-state index in [1.54, 1.807) is 19.1 Å². The molecule has 2 aromatic carbocycles. The highest BCUT2D eigenvalue weighted by Gasteiger charge is 2.17. The van der Waals surface area contributed by atoms with Crippen LogP contribution in [-0.4, -0.2) is 37.6 Å². The van der Waals surface area contributed by atoms with Crippen LogP contribution in [0.2, 0.25) is 0 Å². The summed E-state index contributed by atoms with van der Waals surface area (Å²) < 4.78 is 11.7. The zero-order valence-electron chi connectivity index (χ0n) is 26.5. The largest absolute Gasteiger partial charge is 0.493 e. The Hall–Kier alpha value is -2.80. The molecule has 0 aromatic heterocycles. The number of unbranched alkanes of at least 4 members (excludes halogenated alkanes) is 11. The Morgan fingerprint density at radius 2 is 1.50 bits per heavy atom. The SMILES string of the molecule is CCCCCCCCCCCCCCOc1ccc(CN(C(=O)NC)c2ccc(CN3C=C(C)SC3)cc2)cc1OC. The Kier molecular flexibility index (Phi) is 15.6. The third-order valence-electron chi connectivity index (χ3n) is 7.74. The van der Waals surface area contributed by atoms with E-state index in [0.29, 0.717) is 18.9 Å². The Morgan fingerprint density at radius 3 is 2.07 bits per heavy atom. The van der Waals surface area contributed by atoms with Crippen LogP contribution in [0.4, 0.5) is 10.5 Å². The van der Waals surface area contributed by atoms with E-state index in [1.807, 2.05) is 42.1 Å². The molecule has 2 aromatic rings. The summed E-state index contributed by atoms with van der Waals surface area (Å²) in [5.74, 6) is 2.44. The van der Waals surface area contributed by atoms with Crippen LogP contribution >= 0.6 is 11.8 Å². The molecule has 3 rings (SSSR count). The molecule has 42 heavy (non-hydrogen) atoms. The molecule has 2 amide bonds. The van der Waals surface area contributed by atoms with Gasteiger partial charge in [-0.2, -0.15) is 0 Å². The van der Waals surface area contributed by atoms with Crippen molar-refractivity contribution in [3.05, 3.63) is 64.7 Å². The lowest BCUT2D eigenvalue weighted by molar-refractivity contribution is 0.248. The molecule has 7 heteroatoms. The van der Waals surface area contributed by atoms with Crippen LogP contribution in [0.3, 0.4) is 0 Å². The molecular weight excluding hydrogens is 542 g/mol. The molecule has 0 saturated carbocycles. The molecule has 0 radical (unpaired) electrons. The van der Waals surface area contributed by atoms with Crippen LogP contribution < -0.4 is 19.7 Å². The van der Waals surface area contributed by atoms with Crippen LogP contribution in [0, 0.1) is 0 Å². The molecule has 1 aliphatic heterocycles. The summed E-state index contributed by atoms with van der Waals surface area (Å²) in [6, 6.07) is 14.1. The van der Waals surface area contributed by atoms with Gasteiger partial charge in [-0.25, -0.2) is 4.79 Å². The van der Waals surface area contributed by atoms with Gasteiger partial charge in [0.05, 0.1) is 26.1 Å². The minimum absolute atomic E-state index is 0.150. The summed E-state index contributed by atoms with van der Waals surface area (Å²) in [6.07, 6.45) is 18.1.